The highest BCUT2D eigenvalue weighted by Gasteiger charge is 2.12. The molecule has 6 heteroatoms. The summed E-state index contributed by atoms with van der Waals surface area (Å²) < 4.78 is 0. The molecule has 2 aromatic rings. The Labute approximate surface area is 151 Å². The maximum absolute atomic E-state index is 12.3. The number of hydrogen-bond acceptors (Lipinski definition) is 4. The second kappa shape index (κ2) is 7.57. The van der Waals surface area contributed by atoms with E-state index in [4.69, 9.17) is 11.5 Å². The standard InChI is InChI=1S/C20H20N4O2/c21-15-5-9-17(10-6-15)23-19(25)13-1-2-14(4-3-13)20(26)24-18-11-7-16(22)8-12-18/h1-7,9-11H,8,12,21-22H2,(H,23,25)(H,24,26). The van der Waals surface area contributed by atoms with Crippen LogP contribution in [0, 0.1) is 0 Å². The Morgan fingerprint density at radius 2 is 1.31 bits per heavy atom. The van der Waals surface area contributed by atoms with Crippen LogP contribution >= 0.6 is 0 Å². The van der Waals surface area contributed by atoms with Crippen LogP contribution in [0.2, 0.25) is 0 Å². The van der Waals surface area contributed by atoms with Crippen LogP contribution in [0.15, 0.2) is 72.1 Å². The molecule has 0 saturated heterocycles. The summed E-state index contributed by atoms with van der Waals surface area (Å²) in [6, 6.07) is 13.4. The number of anilines is 2. The van der Waals surface area contributed by atoms with Crippen LogP contribution in [0.5, 0.6) is 0 Å². The van der Waals surface area contributed by atoms with Crippen molar-refractivity contribution in [1.82, 2.24) is 5.32 Å². The van der Waals surface area contributed by atoms with E-state index < -0.39 is 0 Å². The minimum absolute atomic E-state index is 0.212. The molecule has 6 nitrogen and oxygen atoms in total. The van der Waals surface area contributed by atoms with Gasteiger partial charge in [-0.1, -0.05) is 0 Å². The number of allylic oxidation sites excluding steroid dienone is 4. The Kier molecular flexibility index (Phi) is 5.03. The summed E-state index contributed by atoms with van der Waals surface area (Å²) >= 11 is 0. The molecule has 0 spiro atoms. The number of benzene rings is 2. The summed E-state index contributed by atoms with van der Waals surface area (Å²) in [4.78, 5) is 24.5. The van der Waals surface area contributed by atoms with E-state index in [0.717, 1.165) is 17.8 Å². The van der Waals surface area contributed by atoms with Crippen molar-refractivity contribution in [2.75, 3.05) is 11.1 Å². The Balaban J connectivity index is 1.63. The predicted octanol–water partition coefficient (Wildman–Crippen LogP) is 2.77. The van der Waals surface area contributed by atoms with Gasteiger partial charge in [0, 0.05) is 33.9 Å². The van der Waals surface area contributed by atoms with Crippen molar-refractivity contribution in [2.45, 2.75) is 12.8 Å². The monoisotopic (exact) mass is 348 g/mol. The minimum Gasteiger partial charge on any atom is -0.402 e. The van der Waals surface area contributed by atoms with E-state index in [1.165, 1.54) is 0 Å². The van der Waals surface area contributed by atoms with Gasteiger partial charge in [0.2, 0.25) is 0 Å². The minimum atomic E-state index is -0.252. The molecule has 6 N–H and O–H groups in total. The number of carbonyl (C=O) groups excluding carboxylic acids is 2. The van der Waals surface area contributed by atoms with Gasteiger partial charge in [0.25, 0.3) is 11.8 Å². The predicted molar refractivity (Wildman–Crippen MR) is 102 cm³/mol. The molecule has 1 aliphatic rings. The third-order valence-corrected chi connectivity index (χ3v) is 4.03. The van der Waals surface area contributed by atoms with Crippen LogP contribution < -0.4 is 22.1 Å². The molecule has 0 saturated carbocycles. The molecule has 132 valence electrons. The molecule has 0 fully saturated rings. The Hall–Kier alpha value is -3.54. The Bertz CT molecular complexity index is 881. The molecule has 0 bridgehead atoms. The summed E-state index contributed by atoms with van der Waals surface area (Å²) in [5.41, 5.74) is 15.2. The molecule has 2 amide bonds. The van der Waals surface area contributed by atoms with E-state index >= 15 is 0 Å². The van der Waals surface area contributed by atoms with Gasteiger partial charge >= 0.3 is 0 Å². The molecular formula is C20H20N4O2. The van der Waals surface area contributed by atoms with Gasteiger partial charge in [0.05, 0.1) is 0 Å². The number of rotatable bonds is 4. The van der Waals surface area contributed by atoms with Crippen LogP contribution in [0.4, 0.5) is 11.4 Å². The maximum Gasteiger partial charge on any atom is 0.255 e. The normalized spacial score (nSPS) is 13.4. The zero-order valence-electron chi connectivity index (χ0n) is 14.2. The second-order valence-corrected chi connectivity index (χ2v) is 6.04. The highest BCUT2D eigenvalue weighted by molar-refractivity contribution is 6.05. The van der Waals surface area contributed by atoms with Gasteiger partial charge in [0.15, 0.2) is 0 Å². The first-order chi connectivity index (χ1) is 12.5. The third kappa shape index (κ3) is 4.30. The Morgan fingerprint density at radius 3 is 1.85 bits per heavy atom. The molecular weight excluding hydrogens is 328 g/mol. The van der Waals surface area contributed by atoms with Crippen LogP contribution in [0.25, 0.3) is 0 Å². The summed E-state index contributed by atoms with van der Waals surface area (Å²) in [5.74, 6) is -0.465. The largest absolute Gasteiger partial charge is 0.402 e. The maximum atomic E-state index is 12.3. The van der Waals surface area contributed by atoms with Crippen LogP contribution in [-0.2, 0) is 0 Å². The van der Waals surface area contributed by atoms with Gasteiger partial charge in [-0.15, -0.1) is 0 Å². The van der Waals surface area contributed by atoms with Crippen LogP contribution in [0.1, 0.15) is 33.6 Å². The molecule has 0 aliphatic heterocycles. The van der Waals surface area contributed by atoms with E-state index in [2.05, 4.69) is 10.6 Å². The molecule has 0 heterocycles. The number of amides is 2. The van der Waals surface area contributed by atoms with Crippen molar-refractivity contribution < 1.29 is 9.59 Å². The lowest BCUT2D eigenvalue weighted by Crippen LogP contribution is -2.24. The molecule has 0 atom stereocenters. The lowest BCUT2D eigenvalue weighted by Gasteiger charge is -2.13. The van der Waals surface area contributed by atoms with Gasteiger partial charge in [-0.3, -0.25) is 9.59 Å². The molecule has 26 heavy (non-hydrogen) atoms. The first kappa shape index (κ1) is 17.3. The molecule has 3 rings (SSSR count). The fourth-order valence-electron chi connectivity index (χ4n) is 2.52. The van der Waals surface area contributed by atoms with Gasteiger partial charge in [-0.25, -0.2) is 0 Å². The smallest absolute Gasteiger partial charge is 0.255 e. The molecule has 1 aliphatic carbocycles. The first-order valence-corrected chi connectivity index (χ1v) is 8.25. The molecule has 2 aromatic carbocycles. The lowest BCUT2D eigenvalue weighted by atomic mass is 10.1. The summed E-state index contributed by atoms with van der Waals surface area (Å²) in [6.07, 6.45) is 5.04. The summed E-state index contributed by atoms with van der Waals surface area (Å²) in [7, 11) is 0. The van der Waals surface area contributed by atoms with Gasteiger partial charge in [-0.05, 0) is 73.5 Å². The fraction of sp³-hybridized carbons (Fsp3) is 0.100. The highest BCUT2D eigenvalue weighted by Crippen LogP contribution is 2.15. The van der Waals surface area contributed by atoms with Crippen molar-refractivity contribution in [2.24, 2.45) is 5.73 Å². The van der Waals surface area contributed by atoms with Crippen LogP contribution in [-0.4, -0.2) is 11.8 Å². The Morgan fingerprint density at radius 1 is 0.731 bits per heavy atom. The van der Waals surface area contributed by atoms with Crippen molar-refractivity contribution >= 4 is 23.2 Å². The zero-order valence-corrected chi connectivity index (χ0v) is 14.2. The fourth-order valence-corrected chi connectivity index (χ4v) is 2.52. The van der Waals surface area contributed by atoms with Gasteiger partial charge in [0.1, 0.15) is 0 Å². The second-order valence-electron chi connectivity index (χ2n) is 6.04. The number of hydrogen-bond donors (Lipinski definition) is 4. The van der Waals surface area contributed by atoms with E-state index in [1.807, 2.05) is 6.08 Å². The van der Waals surface area contributed by atoms with E-state index in [-0.39, 0.29) is 11.8 Å². The third-order valence-electron chi connectivity index (χ3n) is 4.03. The van der Waals surface area contributed by atoms with E-state index in [0.29, 0.717) is 28.9 Å². The van der Waals surface area contributed by atoms with Crippen molar-refractivity contribution in [1.29, 1.82) is 0 Å². The highest BCUT2D eigenvalue weighted by atomic mass is 16.2. The first-order valence-electron chi connectivity index (χ1n) is 8.25. The van der Waals surface area contributed by atoms with Crippen molar-refractivity contribution in [3.8, 4) is 0 Å². The average Bonchev–Trinajstić information content (AvgIpc) is 2.65. The molecule has 0 radical (unpaired) electrons. The van der Waals surface area contributed by atoms with Gasteiger partial charge < -0.3 is 22.1 Å². The SMILES string of the molecule is NC1=CC=C(NC(=O)c2ccc(C(=O)Nc3ccc(N)cc3)cc2)CC1. The summed E-state index contributed by atoms with van der Waals surface area (Å²) in [6.45, 7) is 0. The average molecular weight is 348 g/mol. The topological polar surface area (TPSA) is 110 Å². The van der Waals surface area contributed by atoms with Crippen LogP contribution in [0.3, 0.4) is 0 Å². The number of nitrogens with two attached hydrogens (primary N) is 2. The number of nitrogen functional groups attached to an aromatic ring is 1. The van der Waals surface area contributed by atoms with Crippen molar-refractivity contribution in [3.05, 3.63) is 83.2 Å². The van der Waals surface area contributed by atoms with E-state index in [1.54, 1.807) is 54.6 Å². The quantitative estimate of drug-likeness (QED) is 0.637. The summed E-state index contributed by atoms with van der Waals surface area (Å²) in [5, 5.41) is 5.64. The van der Waals surface area contributed by atoms with E-state index in [9.17, 15) is 9.59 Å². The molecule has 0 aromatic heterocycles. The van der Waals surface area contributed by atoms with Crippen molar-refractivity contribution in [3.63, 3.8) is 0 Å². The zero-order chi connectivity index (χ0) is 18.5. The lowest BCUT2D eigenvalue weighted by molar-refractivity contribution is 0.0962. The molecule has 0 unspecified atom stereocenters. The van der Waals surface area contributed by atoms with Gasteiger partial charge in [-0.2, -0.15) is 0 Å². The number of nitrogens with one attached hydrogen (secondary N) is 2. The number of carbonyl (C=O) groups is 2.